The fourth-order valence-corrected chi connectivity index (χ4v) is 7.08. The molecule has 0 bridgehead atoms. The number of nitrogens with two attached hydrogens (primary N) is 1. The highest BCUT2D eigenvalue weighted by atomic mass is 79.9. The standard InChI is InChI=1S/C37H47BrCl2N4O4/c1-4-43(29-12-6-5-7-13-29)24-28-21-27(22-30(38)35(28)41)37(46)48-20-18-44(25(2)3)17-19-47-34(45)23-26-11-8-9-16-33(26)42-36-31(39)14-10-15-32(36)40/h8-11,14-16,21-22,25,29,42H,4-7,12-13,17-20,23-24,41H2,1-3H3. The first-order valence-corrected chi connectivity index (χ1v) is 18.3. The molecule has 0 saturated heterocycles. The third-order valence-corrected chi connectivity index (χ3v) is 10.2. The molecule has 260 valence electrons. The molecular formula is C37H47BrCl2N4O4. The molecule has 0 amide bonds. The van der Waals surface area contributed by atoms with E-state index in [0.29, 0.717) is 57.1 Å². The smallest absolute Gasteiger partial charge is 0.338 e. The van der Waals surface area contributed by atoms with Gasteiger partial charge in [-0.1, -0.05) is 73.7 Å². The molecule has 0 spiro atoms. The van der Waals surface area contributed by atoms with Crippen molar-refractivity contribution < 1.29 is 19.1 Å². The molecule has 1 aliphatic rings. The quantitative estimate of drug-likeness (QED) is 0.110. The Hall–Kier alpha value is -2.82. The fourth-order valence-electron chi connectivity index (χ4n) is 6.09. The number of nitrogen functional groups attached to an aromatic ring is 1. The third-order valence-electron chi connectivity index (χ3n) is 8.88. The van der Waals surface area contributed by atoms with E-state index in [-0.39, 0.29) is 31.6 Å². The Kier molecular flexibility index (Phi) is 14.9. The van der Waals surface area contributed by atoms with Crippen LogP contribution < -0.4 is 11.1 Å². The van der Waals surface area contributed by atoms with Gasteiger partial charge in [0.2, 0.25) is 0 Å². The molecule has 0 unspecified atom stereocenters. The molecule has 0 atom stereocenters. The lowest BCUT2D eigenvalue weighted by Gasteiger charge is -2.34. The minimum Gasteiger partial charge on any atom is -0.464 e. The van der Waals surface area contributed by atoms with Crippen molar-refractivity contribution in [1.82, 2.24) is 9.80 Å². The molecule has 0 aliphatic heterocycles. The number of carbonyl (C=O) groups excluding carboxylic acids is 2. The molecule has 0 radical (unpaired) electrons. The summed E-state index contributed by atoms with van der Waals surface area (Å²) < 4.78 is 12.0. The van der Waals surface area contributed by atoms with Gasteiger partial charge in [-0.05, 0) is 90.6 Å². The van der Waals surface area contributed by atoms with Gasteiger partial charge in [-0.3, -0.25) is 14.6 Å². The van der Waals surface area contributed by atoms with Crippen LogP contribution in [0.2, 0.25) is 10.0 Å². The van der Waals surface area contributed by atoms with Gasteiger partial charge in [0.25, 0.3) is 0 Å². The van der Waals surface area contributed by atoms with Crippen molar-refractivity contribution in [1.29, 1.82) is 0 Å². The van der Waals surface area contributed by atoms with Crippen molar-refractivity contribution in [2.24, 2.45) is 0 Å². The van der Waals surface area contributed by atoms with Gasteiger partial charge in [0.15, 0.2) is 0 Å². The van der Waals surface area contributed by atoms with Crippen molar-refractivity contribution in [3.63, 3.8) is 0 Å². The van der Waals surface area contributed by atoms with Crippen LogP contribution in [0.25, 0.3) is 0 Å². The van der Waals surface area contributed by atoms with Gasteiger partial charge < -0.3 is 20.5 Å². The molecule has 3 aromatic rings. The van der Waals surface area contributed by atoms with E-state index < -0.39 is 5.97 Å². The van der Waals surface area contributed by atoms with Crippen molar-refractivity contribution in [3.8, 4) is 0 Å². The van der Waals surface area contributed by atoms with Crippen molar-refractivity contribution in [2.75, 3.05) is 43.9 Å². The number of ether oxygens (including phenoxy) is 2. The largest absolute Gasteiger partial charge is 0.464 e. The average molecular weight is 763 g/mol. The predicted molar refractivity (Wildman–Crippen MR) is 199 cm³/mol. The first kappa shape index (κ1) is 38.0. The highest BCUT2D eigenvalue weighted by Crippen LogP contribution is 2.34. The molecule has 1 aliphatic carbocycles. The topological polar surface area (TPSA) is 97.1 Å². The molecule has 4 rings (SSSR count). The third kappa shape index (κ3) is 10.8. The number of esters is 2. The van der Waals surface area contributed by atoms with E-state index in [9.17, 15) is 9.59 Å². The predicted octanol–water partition coefficient (Wildman–Crippen LogP) is 8.89. The minimum absolute atomic E-state index is 0.0837. The average Bonchev–Trinajstić information content (AvgIpc) is 3.07. The molecule has 1 saturated carbocycles. The Bertz CT molecular complexity index is 1510. The molecule has 48 heavy (non-hydrogen) atoms. The van der Waals surface area contributed by atoms with Crippen molar-refractivity contribution in [2.45, 2.75) is 77.9 Å². The van der Waals surface area contributed by atoms with Gasteiger partial charge >= 0.3 is 11.9 Å². The van der Waals surface area contributed by atoms with Gasteiger partial charge in [0.05, 0.1) is 33.4 Å². The highest BCUT2D eigenvalue weighted by molar-refractivity contribution is 9.10. The second-order valence-electron chi connectivity index (χ2n) is 12.4. The molecule has 11 heteroatoms. The molecular weight excluding hydrogens is 715 g/mol. The van der Waals surface area contributed by atoms with Crippen LogP contribution in [-0.4, -0.2) is 66.7 Å². The summed E-state index contributed by atoms with van der Waals surface area (Å²) in [6, 6.07) is 17.0. The Morgan fingerprint density at radius 3 is 2.29 bits per heavy atom. The number of carbonyl (C=O) groups is 2. The summed E-state index contributed by atoms with van der Waals surface area (Å²) in [5.74, 6) is -0.738. The first-order valence-electron chi connectivity index (χ1n) is 16.7. The van der Waals surface area contributed by atoms with E-state index in [0.717, 1.165) is 23.4 Å². The van der Waals surface area contributed by atoms with Gasteiger partial charge in [-0.2, -0.15) is 0 Å². The summed E-state index contributed by atoms with van der Waals surface area (Å²) >= 11 is 16.2. The zero-order valence-corrected chi connectivity index (χ0v) is 31.2. The number of nitrogens with zero attached hydrogens (tertiary/aromatic N) is 2. The summed E-state index contributed by atoms with van der Waals surface area (Å²) in [6.45, 7) is 9.33. The SMILES string of the molecule is CCN(Cc1cc(C(=O)OCCN(CCOC(=O)Cc2ccccc2Nc2c(Cl)cccc2Cl)C(C)C)cc(Br)c1N)C1CCCCC1. The van der Waals surface area contributed by atoms with Gasteiger partial charge in [-0.15, -0.1) is 0 Å². The van der Waals surface area contributed by atoms with Gasteiger partial charge in [0.1, 0.15) is 13.2 Å². The number of rotatable bonds is 16. The summed E-state index contributed by atoms with van der Waals surface area (Å²) in [7, 11) is 0. The number of anilines is 3. The lowest BCUT2D eigenvalue weighted by atomic mass is 9.93. The number of para-hydroxylation sites is 2. The van der Waals surface area contributed by atoms with E-state index in [4.69, 9.17) is 38.4 Å². The lowest BCUT2D eigenvalue weighted by molar-refractivity contribution is -0.143. The number of nitrogens with one attached hydrogen (secondary N) is 1. The van der Waals surface area contributed by atoms with Crippen LogP contribution in [-0.2, 0) is 27.2 Å². The second-order valence-corrected chi connectivity index (χ2v) is 14.1. The number of halogens is 3. The zero-order chi connectivity index (χ0) is 34.6. The first-order chi connectivity index (χ1) is 23.1. The number of hydrogen-bond donors (Lipinski definition) is 2. The van der Waals surface area contributed by atoms with Crippen LogP contribution in [0.4, 0.5) is 17.1 Å². The molecule has 1 fully saturated rings. The maximum absolute atomic E-state index is 13.1. The van der Waals surface area contributed by atoms with Crippen LogP contribution in [0.5, 0.6) is 0 Å². The Morgan fingerprint density at radius 1 is 0.958 bits per heavy atom. The van der Waals surface area contributed by atoms with E-state index in [2.05, 4.69) is 51.8 Å². The van der Waals surface area contributed by atoms with Crippen molar-refractivity contribution >= 4 is 68.1 Å². The van der Waals surface area contributed by atoms with Crippen LogP contribution in [0.15, 0.2) is 59.1 Å². The summed E-state index contributed by atoms with van der Waals surface area (Å²) in [4.78, 5) is 30.5. The zero-order valence-electron chi connectivity index (χ0n) is 28.1. The Balaban J connectivity index is 1.27. The minimum atomic E-state index is -0.391. The second kappa shape index (κ2) is 18.8. The molecule has 0 aromatic heterocycles. The molecule has 3 aromatic carbocycles. The van der Waals surface area contributed by atoms with Gasteiger partial charge in [-0.25, -0.2) is 4.79 Å². The van der Waals surface area contributed by atoms with Crippen LogP contribution in [0.1, 0.15) is 74.4 Å². The summed E-state index contributed by atoms with van der Waals surface area (Å²) in [5.41, 5.74) is 10.6. The molecule has 8 nitrogen and oxygen atoms in total. The van der Waals surface area contributed by atoms with E-state index in [1.165, 1.54) is 32.1 Å². The van der Waals surface area contributed by atoms with E-state index in [1.807, 2.05) is 30.3 Å². The normalized spacial score (nSPS) is 13.7. The summed E-state index contributed by atoms with van der Waals surface area (Å²) in [5, 5.41) is 4.22. The van der Waals surface area contributed by atoms with Gasteiger partial charge in [0, 0.05) is 41.9 Å². The maximum Gasteiger partial charge on any atom is 0.338 e. The fraction of sp³-hybridized carbons (Fsp3) is 0.459. The lowest BCUT2D eigenvalue weighted by Crippen LogP contribution is -2.37. The Labute approximate surface area is 303 Å². The van der Waals surface area contributed by atoms with E-state index in [1.54, 1.807) is 24.3 Å². The molecule has 0 heterocycles. The molecule has 3 N–H and O–H groups in total. The summed E-state index contributed by atoms with van der Waals surface area (Å²) in [6.07, 6.45) is 6.31. The number of hydrogen-bond acceptors (Lipinski definition) is 8. The highest BCUT2D eigenvalue weighted by Gasteiger charge is 2.22. The van der Waals surface area contributed by atoms with Crippen LogP contribution in [0, 0.1) is 0 Å². The number of benzene rings is 3. The van der Waals surface area contributed by atoms with Crippen LogP contribution >= 0.6 is 39.1 Å². The van der Waals surface area contributed by atoms with Crippen LogP contribution in [0.3, 0.4) is 0 Å². The van der Waals surface area contributed by atoms with Crippen molar-refractivity contribution in [3.05, 3.63) is 85.8 Å². The maximum atomic E-state index is 13.1. The van der Waals surface area contributed by atoms with E-state index >= 15 is 0 Å². The Morgan fingerprint density at radius 2 is 1.62 bits per heavy atom. The monoisotopic (exact) mass is 760 g/mol.